The average Bonchev–Trinajstić information content (AvgIpc) is 3.45. The first-order valence-electron chi connectivity index (χ1n) is 12.8. The van der Waals surface area contributed by atoms with Crippen molar-refractivity contribution in [3.63, 3.8) is 0 Å². The van der Waals surface area contributed by atoms with Gasteiger partial charge in [0.25, 0.3) is 0 Å². The molecule has 4 heterocycles. The maximum absolute atomic E-state index is 12.8. The van der Waals surface area contributed by atoms with Gasteiger partial charge in [0, 0.05) is 25.2 Å². The molecule has 0 aromatic rings. The van der Waals surface area contributed by atoms with Crippen molar-refractivity contribution in [2.75, 3.05) is 39.3 Å². The Bertz CT molecular complexity index is 946. The minimum atomic E-state index is -1.53. The van der Waals surface area contributed by atoms with E-state index in [0.717, 1.165) is 6.42 Å². The second-order valence-electron chi connectivity index (χ2n) is 11.0. The van der Waals surface area contributed by atoms with Gasteiger partial charge >= 0.3 is 11.8 Å². The fourth-order valence-electron chi connectivity index (χ4n) is 5.44. The van der Waals surface area contributed by atoms with Crippen LogP contribution in [0.1, 0.15) is 46.5 Å². The molecule has 0 radical (unpaired) electrons. The summed E-state index contributed by atoms with van der Waals surface area (Å²) in [4.78, 5) is 41.1. The number of aliphatic hydroxyl groups excluding tert-OH is 2. The number of aliphatic hydroxyl groups is 2. The highest BCUT2D eigenvalue weighted by Gasteiger charge is 2.61. The van der Waals surface area contributed by atoms with Crippen LogP contribution in [0.2, 0.25) is 0 Å². The van der Waals surface area contributed by atoms with Crippen LogP contribution in [0.4, 0.5) is 0 Å². The average molecular weight is 524 g/mol. The lowest BCUT2D eigenvalue weighted by Gasteiger charge is -2.41. The van der Waals surface area contributed by atoms with Gasteiger partial charge in [-0.05, 0) is 46.5 Å². The van der Waals surface area contributed by atoms with Gasteiger partial charge in [0.2, 0.25) is 11.7 Å². The third kappa shape index (κ3) is 5.74. The number of ether oxygens (including phenoxy) is 3. The number of piperidine rings is 1. The van der Waals surface area contributed by atoms with E-state index in [-0.39, 0.29) is 37.2 Å². The number of amides is 3. The van der Waals surface area contributed by atoms with Crippen LogP contribution in [-0.4, -0.2) is 119 Å². The van der Waals surface area contributed by atoms with Gasteiger partial charge in [-0.1, -0.05) is 0 Å². The predicted octanol–water partition coefficient (Wildman–Crippen LogP) is -1.81. The zero-order valence-electron chi connectivity index (χ0n) is 21.6. The first kappa shape index (κ1) is 27.7. The Kier molecular flexibility index (Phi) is 7.81. The molecule has 13 heteroatoms. The van der Waals surface area contributed by atoms with Crippen molar-refractivity contribution in [2.24, 2.45) is 0 Å². The number of fused-ring (bicyclic) bond motifs is 1. The quantitative estimate of drug-likeness (QED) is 0.301. The van der Waals surface area contributed by atoms with Crippen LogP contribution in [0, 0.1) is 11.3 Å². The molecule has 4 rings (SSSR count). The molecule has 0 spiro atoms. The van der Waals surface area contributed by atoms with Gasteiger partial charge in [0.15, 0.2) is 5.79 Å². The number of hydrogen-bond acceptors (Lipinski definition) is 10. The second kappa shape index (κ2) is 10.4. The lowest BCUT2D eigenvalue weighted by molar-refractivity contribution is -0.288. The first-order chi connectivity index (χ1) is 17.4. The monoisotopic (exact) mass is 523 g/mol. The molecular weight excluding hydrogens is 486 g/mol. The second-order valence-corrected chi connectivity index (χ2v) is 11.0. The first-order valence-corrected chi connectivity index (χ1v) is 12.8. The highest BCUT2D eigenvalue weighted by atomic mass is 16.8. The van der Waals surface area contributed by atoms with Gasteiger partial charge in [-0.3, -0.25) is 14.4 Å². The van der Waals surface area contributed by atoms with Crippen LogP contribution in [0.25, 0.3) is 0 Å². The summed E-state index contributed by atoms with van der Waals surface area (Å²) in [6, 6.07) is 1.81. The molecule has 4 saturated heterocycles. The lowest BCUT2D eigenvalue weighted by Crippen LogP contribution is -2.64. The molecule has 0 unspecified atom stereocenters. The maximum atomic E-state index is 12.8. The standard InChI is InChI=1S/C24H37N5O8/c1-22(2)36-19-18(32)16(30)13-35-24(19,37-22)14-26-20(33)21(34)28-9-6-23(3,7-10-28)27-12-17(31)29-8-4-5-15(29)11-25/h15-16,18-19,27,30,32H,4-10,12-14H2,1-3H3,(H,26,33)/t15-,16+,18+,19-,24-/m0/s1. The largest absolute Gasteiger partial charge is 0.388 e. The smallest absolute Gasteiger partial charge is 0.311 e. The molecule has 0 aliphatic carbocycles. The van der Waals surface area contributed by atoms with Crippen molar-refractivity contribution in [1.82, 2.24) is 20.4 Å². The number of hydrogen-bond donors (Lipinski definition) is 4. The van der Waals surface area contributed by atoms with E-state index in [0.29, 0.717) is 38.9 Å². The molecule has 13 nitrogen and oxygen atoms in total. The molecule has 4 aliphatic rings. The number of nitrogens with one attached hydrogen (secondary N) is 2. The SMILES string of the molecule is CC1(NCC(=O)N2CCC[C@H]2C#N)CCN(C(=O)C(=O)NC[C@@]23OC[C@@H](O)[C@@H](O)[C@@H]2OC(C)(C)O3)CC1. The molecular formula is C24H37N5O8. The molecule has 5 atom stereocenters. The number of carbonyl (C=O) groups excluding carboxylic acids is 3. The van der Waals surface area contributed by atoms with E-state index >= 15 is 0 Å². The number of likely N-dealkylation sites (tertiary alicyclic amines) is 2. The molecule has 4 aliphatic heterocycles. The number of rotatable bonds is 5. The summed E-state index contributed by atoms with van der Waals surface area (Å²) in [5.74, 6) is -4.30. The highest BCUT2D eigenvalue weighted by molar-refractivity contribution is 6.35. The fourth-order valence-corrected chi connectivity index (χ4v) is 5.44. The molecule has 206 valence electrons. The highest BCUT2D eigenvalue weighted by Crippen LogP contribution is 2.42. The number of nitrogens with zero attached hydrogens (tertiary/aromatic N) is 3. The van der Waals surface area contributed by atoms with E-state index in [1.54, 1.807) is 18.7 Å². The normalized spacial score (nSPS) is 34.5. The van der Waals surface area contributed by atoms with Gasteiger partial charge in [-0.25, -0.2) is 0 Å². The molecule has 37 heavy (non-hydrogen) atoms. The van der Waals surface area contributed by atoms with Crippen molar-refractivity contribution < 1.29 is 38.8 Å². The molecule has 0 saturated carbocycles. The molecule has 4 N–H and O–H groups in total. The van der Waals surface area contributed by atoms with E-state index in [4.69, 9.17) is 14.2 Å². The molecule has 0 bridgehead atoms. The minimum Gasteiger partial charge on any atom is -0.388 e. The third-order valence-electron chi connectivity index (χ3n) is 7.70. The van der Waals surface area contributed by atoms with E-state index in [2.05, 4.69) is 16.7 Å². The maximum Gasteiger partial charge on any atom is 0.311 e. The Morgan fingerprint density at radius 3 is 2.51 bits per heavy atom. The number of carbonyl (C=O) groups is 3. The Morgan fingerprint density at radius 1 is 1.14 bits per heavy atom. The van der Waals surface area contributed by atoms with E-state index in [1.807, 2.05) is 6.92 Å². The Hall–Kier alpha value is -2.34. The molecule has 4 fully saturated rings. The van der Waals surface area contributed by atoms with Crippen molar-refractivity contribution >= 4 is 17.7 Å². The zero-order chi connectivity index (χ0) is 27.0. The Morgan fingerprint density at radius 2 is 1.84 bits per heavy atom. The van der Waals surface area contributed by atoms with Crippen LogP contribution >= 0.6 is 0 Å². The molecule has 0 aromatic carbocycles. The summed E-state index contributed by atoms with van der Waals surface area (Å²) in [5.41, 5.74) is -0.384. The van der Waals surface area contributed by atoms with Gasteiger partial charge in [-0.2, -0.15) is 5.26 Å². The summed E-state index contributed by atoms with van der Waals surface area (Å²) in [5, 5.41) is 35.3. The predicted molar refractivity (Wildman–Crippen MR) is 126 cm³/mol. The Balaban J connectivity index is 1.26. The summed E-state index contributed by atoms with van der Waals surface area (Å²) < 4.78 is 17.2. The van der Waals surface area contributed by atoms with E-state index in [1.165, 1.54) is 4.90 Å². The van der Waals surface area contributed by atoms with Crippen LogP contribution in [-0.2, 0) is 28.6 Å². The van der Waals surface area contributed by atoms with Crippen LogP contribution in [0.15, 0.2) is 0 Å². The lowest BCUT2D eigenvalue weighted by atomic mass is 9.89. The van der Waals surface area contributed by atoms with Gasteiger partial charge in [0.05, 0.1) is 25.8 Å². The Labute approximate surface area is 216 Å². The van der Waals surface area contributed by atoms with Crippen molar-refractivity contribution in [3.8, 4) is 6.07 Å². The minimum absolute atomic E-state index is 0.107. The van der Waals surface area contributed by atoms with Gasteiger partial charge in [0.1, 0.15) is 24.4 Å². The van der Waals surface area contributed by atoms with Crippen molar-refractivity contribution in [2.45, 2.75) is 87.9 Å². The van der Waals surface area contributed by atoms with Crippen molar-refractivity contribution in [1.29, 1.82) is 5.26 Å². The molecule has 0 aromatic heterocycles. The van der Waals surface area contributed by atoms with E-state index < -0.39 is 41.7 Å². The summed E-state index contributed by atoms with van der Waals surface area (Å²) in [6.07, 6.45) is -0.868. The summed E-state index contributed by atoms with van der Waals surface area (Å²) in [6.45, 7) is 6.14. The fraction of sp³-hybridized carbons (Fsp3) is 0.833. The van der Waals surface area contributed by atoms with Crippen molar-refractivity contribution in [3.05, 3.63) is 0 Å². The van der Waals surface area contributed by atoms with Crippen LogP contribution in [0.3, 0.4) is 0 Å². The summed E-state index contributed by atoms with van der Waals surface area (Å²) >= 11 is 0. The van der Waals surface area contributed by atoms with Crippen LogP contribution in [0.5, 0.6) is 0 Å². The summed E-state index contributed by atoms with van der Waals surface area (Å²) in [7, 11) is 0. The topological polar surface area (TPSA) is 174 Å². The van der Waals surface area contributed by atoms with E-state index in [9.17, 15) is 29.9 Å². The molecule has 3 amide bonds. The third-order valence-corrected chi connectivity index (χ3v) is 7.70. The van der Waals surface area contributed by atoms with Gasteiger partial charge in [-0.15, -0.1) is 0 Å². The zero-order valence-corrected chi connectivity index (χ0v) is 21.6. The number of nitriles is 1. The van der Waals surface area contributed by atoms with Gasteiger partial charge < -0.3 is 44.9 Å². The van der Waals surface area contributed by atoms with Crippen LogP contribution < -0.4 is 10.6 Å².